The topological polar surface area (TPSA) is 66.0 Å². The van der Waals surface area contributed by atoms with Gasteiger partial charge in [-0.1, -0.05) is 107 Å². The van der Waals surface area contributed by atoms with Crippen molar-refractivity contribution >= 4 is 0 Å². The summed E-state index contributed by atoms with van der Waals surface area (Å²) in [6, 6.07) is 33.9. The molecule has 2 atom stereocenters. The molecule has 4 heteroatoms. The maximum absolute atomic E-state index is 9.53. The largest absolute Gasteiger partial charge is 0.387 e. The number of nitrogens with zero attached hydrogens (tertiary/aromatic N) is 2. The van der Waals surface area contributed by atoms with E-state index in [1.54, 1.807) is 0 Å². The van der Waals surface area contributed by atoms with E-state index >= 15 is 0 Å². The molecule has 0 aromatic heterocycles. The van der Waals surface area contributed by atoms with Crippen LogP contribution in [0.15, 0.2) is 97.1 Å². The van der Waals surface area contributed by atoms with Crippen LogP contribution in [0.5, 0.6) is 11.5 Å². The minimum absolute atomic E-state index is 0.0459. The van der Waals surface area contributed by atoms with Gasteiger partial charge in [-0.2, -0.15) is 0 Å². The van der Waals surface area contributed by atoms with Crippen molar-refractivity contribution in [3.05, 3.63) is 108 Å². The van der Waals surface area contributed by atoms with Crippen LogP contribution >= 0.6 is 0 Å². The average Bonchev–Trinajstić information content (AvgIpc) is 3.05. The van der Waals surface area contributed by atoms with E-state index < -0.39 is 0 Å². The molecule has 4 bridgehead atoms. The number of benzene rings is 4. The van der Waals surface area contributed by atoms with E-state index in [1.165, 1.54) is 17.5 Å². The van der Waals surface area contributed by atoms with E-state index in [0.717, 1.165) is 54.4 Å². The van der Waals surface area contributed by atoms with Crippen molar-refractivity contribution in [1.29, 1.82) is 10.5 Å². The first-order valence-electron chi connectivity index (χ1n) is 17.0. The van der Waals surface area contributed by atoms with Gasteiger partial charge in [-0.3, -0.25) is 0 Å². The summed E-state index contributed by atoms with van der Waals surface area (Å²) in [5, 5.41) is 19.1. The van der Waals surface area contributed by atoms with Crippen molar-refractivity contribution in [3.63, 3.8) is 0 Å². The van der Waals surface area contributed by atoms with E-state index in [0.29, 0.717) is 17.4 Å². The number of rotatable bonds is 7. The van der Waals surface area contributed by atoms with Crippen LogP contribution < -0.4 is 9.47 Å². The Bertz CT molecular complexity index is 1770. The van der Waals surface area contributed by atoms with Gasteiger partial charge in [-0.05, 0) is 118 Å². The molecule has 0 N–H and O–H groups in total. The zero-order valence-electron chi connectivity index (χ0n) is 28.3. The highest BCUT2D eigenvalue weighted by Crippen LogP contribution is 2.79. The number of hydrogen-bond acceptors (Lipinski definition) is 4. The predicted molar refractivity (Wildman–Crippen MR) is 186 cm³/mol. The second kappa shape index (κ2) is 11.0. The Hall–Kier alpha value is -4.54. The molecule has 0 heterocycles. The molecule has 0 aliphatic heterocycles. The van der Waals surface area contributed by atoms with Crippen molar-refractivity contribution in [2.24, 2.45) is 22.2 Å². The lowest BCUT2D eigenvalue weighted by Crippen LogP contribution is -2.68. The van der Waals surface area contributed by atoms with E-state index in [2.05, 4.69) is 83.1 Å². The summed E-state index contributed by atoms with van der Waals surface area (Å²) >= 11 is 0. The number of hydrogen-bond donors (Lipinski definition) is 0. The van der Waals surface area contributed by atoms with Gasteiger partial charge < -0.3 is 9.47 Å². The van der Waals surface area contributed by atoms with Crippen LogP contribution in [0.1, 0.15) is 84.3 Å². The molecule has 2 unspecified atom stereocenters. The van der Waals surface area contributed by atoms with Crippen LogP contribution in [0.3, 0.4) is 0 Å². The quantitative estimate of drug-likeness (QED) is 0.193. The molecule has 4 aliphatic rings. The van der Waals surface area contributed by atoms with Gasteiger partial charge in [0.2, 0.25) is 0 Å². The Morgan fingerprint density at radius 1 is 0.596 bits per heavy atom. The van der Waals surface area contributed by atoms with Crippen LogP contribution in [0, 0.1) is 45.2 Å². The van der Waals surface area contributed by atoms with Crippen LogP contribution in [0.25, 0.3) is 22.3 Å². The first-order valence-corrected chi connectivity index (χ1v) is 17.0. The first kappa shape index (κ1) is 31.1. The maximum atomic E-state index is 9.53. The second-order valence-electron chi connectivity index (χ2n) is 16.2. The minimum atomic E-state index is -0.0459. The molecule has 238 valence electrons. The monoisotopic (exact) mass is 620 g/mol. The summed E-state index contributed by atoms with van der Waals surface area (Å²) in [7, 11) is 0. The number of ether oxygens (including phenoxy) is 2. The van der Waals surface area contributed by atoms with Crippen molar-refractivity contribution < 1.29 is 9.47 Å². The minimum Gasteiger partial charge on any atom is -0.387 e. The van der Waals surface area contributed by atoms with Gasteiger partial charge >= 0.3 is 0 Å². The van der Waals surface area contributed by atoms with Crippen molar-refractivity contribution in [2.45, 2.75) is 84.0 Å². The summed E-state index contributed by atoms with van der Waals surface area (Å²) < 4.78 is 11.1. The Labute approximate surface area is 280 Å². The second-order valence-corrected chi connectivity index (χ2v) is 16.2. The average molecular weight is 621 g/mol. The fourth-order valence-corrected chi connectivity index (χ4v) is 10.4. The van der Waals surface area contributed by atoms with E-state index in [-0.39, 0.29) is 27.1 Å². The molecular formula is C43H44N2O2. The Morgan fingerprint density at radius 3 is 1.43 bits per heavy atom. The molecule has 4 aromatic rings. The zero-order valence-corrected chi connectivity index (χ0v) is 28.3. The Kier molecular flexibility index (Phi) is 7.29. The smallest absolute Gasteiger partial charge is 0.292 e. The van der Waals surface area contributed by atoms with Crippen LogP contribution in [0.4, 0.5) is 0 Å². The lowest BCUT2D eigenvalue weighted by Gasteiger charge is -2.75. The molecule has 4 aliphatic carbocycles. The molecule has 0 spiro atoms. The molecule has 47 heavy (non-hydrogen) atoms. The standard InChI is InChI=1S/C43H44N2O2/c1-30(2)40-22-41(33-16-18-37(46-28-44)35(20-33)31-12-8-6-9-13-31)24-42(23-40,27-43(25-40,26-41)39(3,4)5)34-17-19-38(47-29-45)36(21-34)32-14-10-7-11-15-32/h6-21,30H,22-27H2,1-5H3. The molecule has 4 fully saturated rings. The van der Waals surface area contributed by atoms with Gasteiger partial charge in [0.1, 0.15) is 11.5 Å². The lowest BCUT2D eigenvalue weighted by atomic mass is 9.29. The van der Waals surface area contributed by atoms with Crippen molar-refractivity contribution in [3.8, 4) is 46.3 Å². The molecule has 4 saturated carbocycles. The normalized spacial score (nSPS) is 27.7. The fraction of sp³-hybridized carbons (Fsp3) is 0.395. The van der Waals surface area contributed by atoms with Crippen molar-refractivity contribution in [1.82, 2.24) is 0 Å². The summed E-state index contributed by atoms with van der Waals surface area (Å²) in [6.07, 6.45) is 10.8. The highest BCUT2D eigenvalue weighted by Gasteiger charge is 2.71. The van der Waals surface area contributed by atoms with E-state index in [1.807, 2.05) is 61.0 Å². The molecule has 0 saturated heterocycles. The zero-order chi connectivity index (χ0) is 33.1. The SMILES string of the molecule is CC(C)C12CC3(c4ccc(OC#N)c(-c5ccccc5)c4)CC(c4ccc(OC#N)c(-c5ccccc5)c4)(C1)CC(C(C)(C)C)(C3)C2. The third-order valence-electron chi connectivity index (χ3n) is 12.6. The van der Waals surface area contributed by atoms with Gasteiger partial charge in [0.15, 0.2) is 0 Å². The summed E-state index contributed by atoms with van der Waals surface area (Å²) in [5.74, 6) is 1.73. The van der Waals surface area contributed by atoms with Crippen LogP contribution in [0.2, 0.25) is 0 Å². The van der Waals surface area contributed by atoms with Gasteiger partial charge in [-0.15, -0.1) is 10.5 Å². The third-order valence-corrected chi connectivity index (χ3v) is 12.6. The van der Waals surface area contributed by atoms with Gasteiger partial charge in [0.25, 0.3) is 12.5 Å². The molecule has 0 amide bonds. The van der Waals surface area contributed by atoms with E-state index in [4.69, 9.17) is 9.47 Å². The maximum Gasteiger partial charge on any atom is 0.292 e. The predicted octanol–water partition coefficient (Wildman–Crippen LogP) is 11.0. The van der Waals surface area contributed by atoms with Crippen molar-refractivity contribution in [2.75, 3.05) is 0 Å². The summed E-state index contributed by atoms with van der Waals surface area (Å²) in [5.41, 5.74) is 7.10. The van der Waals surface area contributed by atoms with Gasteiger partial charge in [0, 0.05) is 11.1 Å². The molecule has 8 rings (SSSR count). The first-order chi connectivity index (χ1) is 22.5. The van der Waals surface area contributed by atoms with Crippen LogP contribution in [-0.2, 0) is 10.8 Å². The van der Waals surface area contributed by atoms with Crippen LogP contribution in [-0.4, -0.2) is 0 Å². The fourth-order valence-electron chi connectivity index (χ4n) is 10.4. The summed E-state index contributed by atoms with van der Waals surface area (Å²) in [4.78, 5) is 0. The van der Waals surface area contributed by atoms with Gasteiger partial charge in [-0.25, -0.2) is 0 Å². The molecule has 4 aromatic carbocycles. The lowest BCUT2D eigenvalue weighted by molar-refractivity contribution is -0.196. The molecular weight excluding hydrogens is 576 g/mol. The third kappa shape index (κ3) is 4.93. The number of nitriles is 2. The summed E-state index contributed by atoms with van der Waals surface area (Å²) in [6.45, 7) is 12.3. The highest BCUT2D eigenvalue weighted by molar-refractivity contribution is 5.73. The molecule has 4 nitrogen and oxygen atoms in total. The Balaban J connectivity index is 1.46. The van der Waals surface area contributed by atoms with E-state index in [9.17, 15) is 10.5 Å². The molecule has 0 radical (unpaired) electrons. The Morgan fingerprint density at radius 2 is 1.04 bits per heavy atom. The van der Waals surface area contributed by atoms with Gasteiger partial charge in [0.05, 0.1) is 0 Å². The highest BCUT2D eigenvalue weighted by atomic mass is 16.5.